The fourth-order valence-electron chi connectivity index (χ4n) is 4.47. The maximum atomic E-state index is 13.5. The highest BCUT2D eigenvalue weighted by atomic mass is 32.2. The van der Waals surface area contributed by atoms with Crippen LogP contribution in [0.2, 0.25) is 0 Å². The molecule has 2 fully saturated rings. The number of fused-ring (bicyclic) bond motifs is 1. The van der Waals surface area contributed by atoms with Crippen LogP contribution >= 0.6 is 24.0 Å². The predicted molar refractivity (Wildman–Crippen MR) is 131 cm³/mol. The Bertz CT molecular complexity index is 1120. The van der Waals surface area contributed by atoms with Crippen molar-refractivity contribution in [2.75, 3.05) is 18.0 Å². The van der Waals surface area contributed by atoms with E-state index in [1.54, 1.807) is 21.6 Å². The summed E-state index contributed by atoms with van der Waals surface area (Å²) in [5, 5.41) is 0. The van der Waals surface area contributed by atoms with Gasteiger partial charge in [-0.05, 0) is 49.8 Å². The molecular weight excluding hydrogens is 428 g/mol. The summed E-state index contributed by atoms with van der Waals surface area (Å²) >= 11 is 6.74. The Balaban J connectivity index is 1.86. The minimum Gasteiger partial charge on any atom is -0.355 e. The molecule has 0 bridgehead atoms. The first kappa shape index (κ1) is 22.0. The number of nitrogens with zero attached hydrogens (tertiary/aromatic N) is 4. The van der Waals surface area contributed by atoms with Crippen LogP contribution < -0.4 is 10.5 Å². The Morgan fingerprint density at radius 1 is 1.26 bits per heavy atom. The zero-order valence-corrected chi connectivity index (χ0v) is 20.0. The topological polar surface area (TPSA) is 57.9 Å². The Labute approximate surface area is 192 Å². The smallest absolute Gasteiger partial charge is 0.267 e. The third-order valence-electron chi connectivity index (χ3n) is 6.05. The molecule has 4 rings (SSSR count). The SMILES string of the molecule is CC[C@@H](C)N1C(=O)/C(=C\c2c(N3C[C@@H](C)C[C@H](C)C3)nc3ccccn3c2=O)SC1=S. The van der Waals surface area contributed by atoms with Gasteiger partial charge in [0.15, 0.2) is 0 Å². The third-order valence-corrected chi connectivity index (χ3v) is 7.38. The van der Waals surface area contributed by atoms with Crippen molar-refractivity contribution in [1.82, 2.24) is 14.3 Å². The average molecular weight is 457 g/mol. The first-order valence-corrected chi connectivity index (χ1v) is 12.1. The van der Waals surface area contributed by atoms with Crippen molar-refractivity contribution < 1.29 is 4.79 Å². The molecule has 2 aromatic rings. The van der Waals surface area contributed by atoms with Crippen molar-refractivity contribution in [2.24, 2.45) is 11.8 Å². The minimum absolute atomic E-state index is 0.0255. The molecule has 0 aliphatic carbocycles. The molecule has 2 saturated heterocycles. The van der Waals surface area contributed by atoms with Crippen molar-refractivity contribution in [2.45, 2.75) is 46.6 Å². The van der Waals surface area contributed by atoms with E-state index in [2.05, 4.69) is 18.7 Å². The fraction of sp³-hybridized carbons (Fsp3) is 0.478. The summed E-state index contributed by atoms with van der Waals surface area (Å²) in [7, 11) is 0. The second kappa shape index (κ2) is 8.74. The number of pyridine rings is 1. The summed E-state index contributed by atoms with van der Waals surface area (Å²) in [6, 6.07) is 5.56. The summed E-state index contributed by atoms with van der Waals surface area (Å²) in [5.74, 6) is 1.55. The number of hydrogen-bond acceptors (Lipinski definition) is 6. The quantitative estimate of drug-likeness (QED) is 0.508. The second-order valence-corrected chi connectivity index (χ2v) is 10.4. The summed E-state index contributed by atoms with van der Waals surface area (Å²) in [6.07, 6.45) is 5.40. The second-order valence-electron chi connectivity index (χ2n) is 8.74. The van der Waals surface area contributed by atoms with Crippen LogP contribution in [0.5, 0.6) is 0 Å². The molecule has 2 aliphatic heterocycles. The highest BCUT2D eigenvalue weighted by Crippen LogP contribution is 2.36. The van der Waals surface area contributed by atoms with Gasteiger partial charge in [0, 0.05) is 25.3 Å². The van der Waals surface area contributed by atoms with E-state index in [-0.39, 0.29) is 17.5 Å². The number of rotatable bonds is 4. The standard InChI is InChI=1S/C23H28N4O2S2/c1-5-16(4)27-22(29)18(31-23(27)30)11-17-20(25-12-14(2)10-15(3)13-25)24-19-8-6-7-9-26(19)21(17)28/h6-9,11,14-16H,5,10,12-13H2,1-4H3/b18-11+/t14-,15-,16+/m0/s1. The largest absolute Gasteiger partial charge is 0.355 e. The van der Waals surface area contributed by atoms with Gasteiger partial charge < -0.3 is 4.90 Å². The maximum absolute atomic E-state index is 13.5. The van der Waals surface area contributed by atoms with Gasteiger partial charge in [0.1, 0.15) is 15.8 Å². The van der Waals surface area contributed by atoms with E-state index in [9.17, 15) is 9.59 Å². The van der Waals surface area contributed by atoms with E-state index in [1.807, 2.05) is 32.0 Å². The fourth-order valence-corrected chi connectivity index (χ4v) is 5.91. The van der Waals surface area contributed by atoms with Gasteiger partial charge in [0.25, 0.3) is 11.5 Å². The molecule has 0 radical (unpaired) electrons. The Hall–Kier alpha value is -2.19. The van der Waals surface area contributed by atoms with Crippen LogP contribution in [-0.4, -0.2) is 43.6 Å². The van der Waals surface area contributed by atoms with Crippen molar-refractivity contribution in [3.8, 4) is 0 Å². The van der Waals surface area contributed by atoms with Crippen LogP contribution in [0, 0.1) is 11.8 Å². The first-order valence-electron chi connectivity index (χ1n) is 10.8. The molecule has 0 aromatic carbocycles. The van der Waals surface area contributed by atoms with Crippen LogP contribution in [0.4, 0.5) is 5.82 Å². The monoisotopic (exact) mass is 456 g/mol. The molecule has 0 saturated carbocycles. The molecule has 8 heteroatoms. The number of aromatic nitrogens is 2. The zero-order valence-electron chi connectivity index (χ0n) is 18.4. The van der Waals surface area contributed by atoms with E-state index in [1.165, 1.54) is 11.8 Å². The van der Waals surface area contributed by atoms with Gasteiger partial charge in [-0.3, -0.25) is 18.9 Å². The van der Waals surface area contributed by atoms with E-state index in [0.717, 1.165) is 25.9 Å². The first-order chi connectivity index (χ1) is 14.8. The number of anilines is 1. The summed E-state index contributed by atoms with van der Waals surface area (Å²) < 4.78 is 2.09. The van der Waals surface area contributed by atoms with Crippen molar-refractivity contribution in [3.63, 3.8) is 0 Å². The molecule has 164 valence electrons. The van der Waals surface area contributed by atoms with E-state index in [4.69, 9.17) is 17.2 Å². The molecule has 1 amide bonds. The molecule has 31 heavy (non-hydrogen) atoms. The van der Waals surface area contributed by atoms with Gasteiger partial charge in [-0.1, -0.05) is 50.8 Å². The Morgan fingerprint density at radius 2 is 1.97 bits per heavy atom. The number of carbonyl (C=O) groups excluding carboxylic acids is 1. The molecule has 6 nitrogen and oxygen atoms in total. The number of piperidine rings is 1. The van der Waals surface area contributed by atoms with Crippen LogP contribution in [0.25, 0.3) is 11.7 Å². The predicted octanol–water partition coefficient (Wildman–Crippen LogP) is 4.18. The lowest BCUT2D eigenvalue weighted by Gasteiger charge is -2.36. The van der Waals surface area contributed by atoms with Crippen LogP contribution in [0.3, 0.4) is 0 Å². The molecule has 2 aliphatic rings. The summed E-state index contributed by atoms with van der Waals surface area (Å²) in [5.41, 5.74) is 0.896. The van der Waals surface area contributed by atoms with Gasteiger partial charge in [-0.2, -0.15) is 0 Å². The normalized spacial score (nSPS) is 24.5. The number of carbonyl (C=O) groups is 1. The highest BCUT2D eigenvalue weighted by molar-refractivity contribution is 8.26. The zero-order chi connectivity index (χ0) is 22.3. The lowest BCUT2D eigenvalue weighted by molar-refractivity contribution is -0.123. The van der Waals surface area contributed by atoms with Gasteiger partial charge in [0.2, 0.25) is 0 Å². The average Bonchev–Trinajstić information content (AvgIpc) is 3.01. The van der Waals surface area contributed by atoms with Crippen molar-refractivity contribution in [3.05, 3.63) is 45.2 Å². The van der Waals surface area contributed by atoms with Crippen LogP contribution in [-0.2, 0) is 4.79 Å². The Kier molecular flexibility index (Phi) is 6.21. The number of hydrogen-bond donors (Lipinski definition) is 0. The molecular formula is C23H28N4O2S2. The summed E-state index contributed by atoms with van der Waals surface area (Å²) in [6.45, 7) is 10.2. The molecule has 0 spiro atoms. The van der Waals surface area contributed by atoms with Crippen molar-refractivity contribution >= 4 is 51.7 Å². The van der Waals surface area contributed by atoms with E-state index >= 15 is 0 Å². The summed E-state index contributed by atoms with van der Waals surface area (Å²) in [4.78, 5) is 35.8. The van der Waals surface area contributed by atoms with Gasteiger partial charge in [-0.15, -0.1) is 0 Å². The lowest BCUT2D eigenvalue weighted by Crippen LogP contribution is -2.40. The van der Waals surface area contributed by atoms with Crippen molar-refractivity contribution in [1.29, 1.82) is 0 Å². The molecule has 0 N–H and O–H groups in total. The number of thiocarbonyl (C=S) groups is 1. The minimum atomic E-state index is -0.166. The van der Waals surface area contributed by atoms with Crippen LogP contribution in [0.15, 0.2) is 34.1 Å². The number of thioether (sulfide) groups is 1. The van der Waals surface area contributed by atoms with Gasteiger partial charge in [-0.25, -0.2) is 4.98 Å². The molecule has 2 aromatic heterocycles. The molecule has 3 atom stereocenters. The molecule has 0 unspecified atom stereocenters. The van der Waals surface area contributed by atoms with Gasteiger partial charge in [0.05, 0.1) is 10.5 Å². The number of amides is 1. The van der Waals surface area contributed by atoms with E-state index in [0.29, 0.717) is 38.1 Å². The third kappa shape index (κ3) is 4.15. The van der Waals surface area contributed by atoms with Gasteiger partial charge >= 0.3 is 0 Å². The highest BCUT2D eigenvalue weighted by Gasteiger charge is 2.35. The molecule has 4 heterocycles. The maximum Gasteiger partial charge on any atom is 0.267 e. The van der Waals surface area contributed by atoms with Crippen LogP contribution in [0.1, 0.15) is 46.1 Å². The lowest BCUT2D eigenvalue weighted by atomic mass is 9.91. The van der Waals surface area contributed by atoms with E-state index < -0.39 is 0 Å². The Morgan fingerprint density at radius 3 is 2.65 bits per heavy atom.